The van der Waals surface area contributed by atoms with Crippen molar-refractivity contribution in [3.8, 4) is 0 Å². The van der Waals surface area contributed by atoms with Crippen LogP contribution in [0.25, 0.3) is 0 Å². The summed E-state index contributed by atoms with van der Waals surface area (Å²) in [7, 11) is 0. The van der Waals surface area contributed by atoms with Crippen LogP contribution < -0.4 is 0 Å². The van der Waals surface area contributed by atoms with E-state index in [9.17, 15) is 0 Å². The van der Waals surface area contributed by atoms with Crippen molar-refractivity contribution in [1.82, 2.24) is 0 Å². The first kappa shape index (κ1) is 11.7. The molecule has 0 radical (unpaired) electrons. The Labute approximate surface area is 78.1 Å². The van der Waals surface area contributed by atoms with Gasteiger partial charge in [-0.2, -0.15) is 0 Å². The van der Waals surface area contributed by atoms with Gasteiger partial charge in [-0.3, -0.25) is 0 Å². The van der Waals surface area contributed by atoms with E-state index in [4.69, 9.17) is 0 Å². The zero-order valence-electron chi connectivity index (χ0n) is 9.19. The van der Waals surface area contributed by atoms with E-state index < -0.39 is 0 Å². The van der Waals surface area contributed by atoms with Crippen molar-refractivity contribution < 1.29 is 0 Å². The molecule has 0 heteroatoms. The molecule has 0 aliphatic rings. The fourth-order valence-electron chi connectivity index (χ4n) is 1.79. The average molecular weight is 168 g/mol. The minimum absolute atomic E-state index is 0.861. The summed E-state index contributed by atoms with van der Waals surface area (Å²) in [6, 6.07) is 0. The Bertz CT molecular complexity index is 116. The molecule has 0 nitrogen and oxygen atoms in total. The average Bonchev–Trinajstić information content (AvgIpc) is 2.04. The van der Waals surface area contributed by atoms with Gasteiger partial charge in [0.25, 0.3) is 0 Å². The van der Waals surface area contributed by atoms with Gasteiger partial charge in [-0.1, -0.05) is 45.3 Å². The third-order valence-electron chi connectivity index (χ3n) is 2.44. The third-order valence-corrected chi connectivity index (χ3v) is 2.44. The van der Waals surface area contributed by atoms with E-state index in [2.05, 4.69) is 33.8 Å². The molecule has 0 bridgehead atoms. The van der Waals surface area contributed by atoms with Crippen LogP contribution in [0.1, 0.15) is 59.8 Å². The van der Waals surface area contributed by atoms with Crippen LogP contribution in [0.3, 0.4) is 0 Å². The topological polar surface area (TPSA) is 0 Å². The summed E-state index contributed by atoms with van der Waals surface area (Å²) >= 11 is 0. The van der Waals surface area contributed by atoms with Gasteiger partial charge in [0, 0.05) is 0 Å². The van der Waals surface area contributed by atoms with Gasteiger partial charge >= 0.3 is 0 Å². The fourth-order valence-corrected chi connectivity index (χ4v) is 1.79. The first-order valence-electron chi connectivity index (χ1n) is 5.42. The normalized spacial score (nSPS) is 12.6. The zero-order chi connectivity index (χ0) is 9.40. The Morgan fingerprint density at radius 2 is 1.58 bits per heavy atom. The number of hydrogen-bond acceptors (Lipinski definition) is 0. The maximum atomic E-state index is 2.38. The molecule has 0 N–H and O–H groups in total. The van der Waals surface area contributed by atoms with E-state index >= 15 is 0 Å². The second-order valence-electron chi connectivity index (χ2n) is 3.63. The molecule has 0 atom stereocenters. The lowest BCUT2D eigenvalue weighted by Gasteiger charge is -2.15. The number of allylic oxidation sites excluding steroid dienone is 2. The smallest absolute Gasteiger partial charge is 0.0206 e. The molecule has 72 valence electrons. The summed E-state index contributed by atoms with van der Waals surface area (Å²) < 4.78 is 0. The van der Waals surface area contributed by atoms with Gasteiger partial charge in [0.15, 0.2) is 0 Å². The van der Waals surface area contributed by atoms with Crippen LogP contribution in [0.4, 0.5) is 0 Å². The second kappa shape index (κ2) is 7.39. The Kier molecular flexibility index (Phi) is 7.23. The lowest BCUT2D eigenvalue weighted by Crippen LogP contribution is -2.01. The molecular weight excluding hydrogens is 144 g/mol. The molecule has 0 fully saturated rings. The Hall–Kier alpha value is -0.260. The van der Waals surface area contributed by atoms with E-state index in [1.54, 1.807) is 5.57 Å². The molecule has 0 heterocycles. The largest absolute Gasteiger partial charge is 0.0856 e. The molecule has 0 unspecified atom stereocenters. The fraction of sp³-hybridized carbons (Fsp3) is 0.833. The van der Waals surface area contributed by atoms with Gasteiger partial charge in [-0.25, -0.2) is 0 Å². The van der Waals surface area contributed by atoms with Crippen molar-refractivity contribution in [3.63, 3.8) is 0 Å². The standard InChI is InChI=1S/C12H24/c1-5-8-11(4)12(9-6-2)10-7-3/h8,12H,5-7,9-10H2,1-4H3. The molecule has 0 spiro atoms. The van der Waals surface area contributed by atoms with Crippen molar-refractivity contribution in [1.29, 1.82) is 0 Å². The van der Waals surface area contributed by atoms with Gasteiger partial charge < -0.3 is 0 Å². The summed E-state index contributed by atoms with van der Waals surface area (Å²) in [6.45, 7) is 9.07. The molecule has 12 heavy (non-hydrogen) atoms. The first-order valence-corrected chi connectivity index (χ1v) is 5.42. The van der Waals surface area contributed by atoms with Gasteiger partial charge in [0.1, 0.15) is 0 Å². The molecule has 0 aromatic rings. The molecule has 0 rings (SSSR count). The predicted octanol–water partition coefficient (Wildman–Crippen LogP) is 4.56. The highest BCUT2D eigenvalue weighted by Gasteiger charge is 2.07. The van der Waals surface area contributed by atoms with Gasteiger partial charge in [0.05, 0.1) is 0 Å². The lowest BCUT2D eigenvalue weighted by molar-refractivity contribution is 0.502. The van der Waals surface area contributed by atoms with E-state index in [1.165, 1.54) is 32.1 Å². The lowest BCUT2D eigenvalue weighted by atomic mass is 9.90. The van der Waals surface area contributed by atoms with Crippen molar-refractivity contribution in [2.24, 2.45) is 5.92 Å². The first-order chi connectivity index (χ1) is 5.76. The van der Waals surface area contributed by atoms with E-state index in [0.717, 1.165) is 5.92 Å². The van der Waals surface area contributed by atoms with Crippen LogP contribution in [-0.4, -0.2) is 0 Å². The third kappa shape index (κ3) is 4.58. The minimum atomic E-state index is 0.861. The van der Waals surface area contributed by atoms with Crippen LogP contribution in [0.5, 0.6) is 0 Å². The summed E-state index contributed by atoms with van der Waals surface area (Å²) in [4.78, 5) is 0. The molecule has 0 amide bonds. The van der Waals surface area contributed by atoms with Crippen LogP contribution in [0, 0.1) is 5.92 Å². The van der Waals surface area contributed by atoms with Crippen molar-refractivity contribution in [2.45, 2.75) is 59.8 Å². The van der Waals surface area contributed by atoms with Gasteiger partial charge in [-0.05, 0) is 32.1 Å². The highest BCUT2D eigenvalue weighted by atomic mass is 14.1. The zero-order valence-corrected chi connectivity index (χ0v) is 9.19. The molecule has 0 aliphatic heterocycles. The monoisotopic (exact) mass is 168 g/mol. The second-order valence-corrected chi connectivity index (χ2v) is 3.63. The molecule has 0 aromatic carbocycles. The Balaban J connectivity index is 3.98. The number of hydrogen-bond donors (Lipinski definition) is 0. The van der Waals surface area contributed by atoms with Crippen molar-refractivity contribution >= 4 is 0 Å². The Morgan fingerprint density at radius 3 is 1.92 bits per heavy atom. The predicted molar refractivity (Wildman–Crippen MR) is 57.4 cm³/mol. The van der Waals surface area contributed by atoms with Crippen LogP contribution in [0.2, 0.25) is 0 Å². The van der Waals surface area contributed by atoms with Crippen molar-refractivity contribution in [3.05, 3.63) is 11.6 Å². The minimum Gasteiger partial charge on any atom is -0.0856 e. The molecule has 0 aromatic heterocycles. The molecular formula is C12H24. The number of rotatable bonds is 6. The Morgan fingerprint density at radius 1 is 1.08 bits per heavy atom. The summed E-state index contributed by atoms with van der Waals surface area (Å²) in [5.74, 6) is 0.861. The highest BCUT2D eigenvalue weighted by molar-refractivity contribution is 5.02. The maximum Gasteiger partial charge on any atom is -0.0206 e. The quantitative estimate of drug-likeness (QED) is 0.510. The van der Waals surface area contributed by atoms with Gasteiger partial charge in [-0.15, -0.1) is 0 Å². The van der Waals surface area contributed by atoms with E-state index in [0.29, 0.717) is 0 Å². The highest BCUT2D eigenvalue weighted by Crippen LogP contribution is 2.22. The summed E-state index contributed by atoms with van der Waals surface area (Å²) in [5.41, 5.74) is 1.61. The van der Waals surface area contributed by atoms with Gasteiger partial charge in [0.2, 0.25) is 0 Å². The summed E-state index contributed by atoms with van der Waals surface area (Å²) in [5, 5.41) is 0. The van der Waals surface area contributed by atoms with E-state index in [-0.39, 0.29) is 0 Å². The summed E-state index contributed by atoms with van der Waals surface area (Å²) in [6.07, 6.45) is 8.96. The molecule has 0 saturated carbocycles. The SMILES string of the molecule is CCC=C(C)C(CCC)CCC. The molecule has 0 saturated heterocycles. The van der Waals surface area contributed by atoms with Crippen molar-refractivity contribution in [2.75, 3.05) is 0 Å². The maximum absolute atomic E-state index is 2.38. The molecule has 0 aliphatic carbocycles. The van der Waals surface area contributed by atoms with E-state index in [1.807, 2.05) is 0 Å². The van der Waals surface area contributed by atoms with Crippen LogP contribution in [0.15, 0.2) is 11.6 Å². The van der Waals surface area contributed by atoms with Crippen LogP contribution >= 0.6 is 0 Å². The van der Waals surface area contributed by atoms with Crippen LogP contribution in [-0.2, 0) is 0 Å².